The fourth-order valence-corrected chi connectivity index (χ4v) is 9.57. The SMILES string of the molecule is COc1ccc(C(OC[C@H]2O[C@H](Cc3ncnc(NC(=O)COc4ccccc4)c3NC=O)C[C@@H]2OP(OCCC#N)N(C(C)C)C(C)C)(c2ccccc2)c2ccc(OC)cc2)cc1. The van der Waals surface area contributed by atoms with Gasteiger partial charge in [0.25, 0.3) is 14.4 Å². The van der Waals surface area contributed by atoms with Crippen molar-refractivity contribution in [3.63, 3.8) is 0 Å². The standard InChI is InChI=1S/C49H57N6O9P/c1-34(2)55(35(3)4)65(62-27-13-26-50)64-44-29-42(28-43-47(53-33-56)48(52-32-51-43)54-46(57)31-60-41-16-11-8-12-17-41)63-45(44)30-61-49(36-14-9-7-10-15-36,37-18-22-39(58-5)23-19-37)38-20-24-40(59-6)25-21-38/h7-12,14-25,32-35,42,44-45H,13,27-31H2,1-6H3,(H,53,56)(H,51,52,54,57)/t42-,44+,45-,65?/m1/s1. The minimum absolute atomic E-state index is 0.0524. The number of carbonyl (C=O) groups is 2. The van der Waals surface area contributed by atoms with E-state index in [4.69, 9.17) is 32.7 Å². The van der Waals surface area contributed by atoms with Gasteiger partial charge in [0.1, 0.15) is 41.0 Å². The minimum Gasteiger partial charge on any atom is -0.497 e. The lowest BCUT2D eigenvalue weighted by molar-refractivity contribution is -0.118. The maximum absolute atomic E-state index is 13.0. The summed E-state index contributed by atoms with van der Waals surface area (Å²) in [6.07, 6.45) is 0.918. The zero-order valence-electron chi connectivity index (χ0n) is 37.6. The highest BCUT2D eigenvalue weighted by molar-refractivity contribution is 7.44. The third-order valence-electron chi connectivity index (χ3n) is 10.7. The highest BCUT2D eigenvalue weighted by Crippen LogP contribution is 2.50. The second-order valence-corrected chi connectivity index (χ2v) is 17.1. The second-order valence-electron chi connectivity index (χ2n) is 15.7. The fourth-order valence-electron chi connectivity index (χ4n) is 7.81. The van der Waals surface area contributed by atoms with Crippen LogP contribution in [0.3, 0.4) is 0 Å². The van der Waals surface area contributed by atoms with Crippen LogP contribution in [0.5, 0.6) is 17.2 Å². The molecule has 0 radical (unpaired) electrons. The van der Waals surface area contributed by atoms with Gasteiger partial charge in [-0.15, -0.1) is 0 Å². The van der Waals surface area contributed by atoms with E-state index < -0.39 is 38.3 Å². The minimum atomic E-state index is -1.68. The van der Waals surface area contributed by atoms with Crippen molar-refractivity contribution in [2.75, 3.05) is 44.7 Å². The lowest BCUT2D eigenvalue weighted by Gasteiger charge is -2.39. The van der Waals surface area contributed by atoms with Crippen LogP contribution in [0.15, 0.2) is 116 Å². The molecule has 342 valence electrons. The number of nitrogens with zero attached hydrogens (tertiary/aromatic N) is 4. The van der Waals surface area contributed by atoms with Crippen LogP contribution in [0.2, 0.25) is 0 Å². The molecule has 16 heteroatoms. The molecule has 0 aliphatic carbocycles. The first kappa shape index (κ1) is 48.5. The Morgan fingerprint density at radius 3 is 2.05 bits per heavy atom. The number of rotatable bonds is 24. The number of methoxy groups -OCH3 is 2. The van der Waals surface area contributed by atoms with E-state index in [2.05, 4.69) is 59.0 Å². The summed E-state index contributed by atoms with van der Waals surface area (Å²) in [5.41, 5.74) is 2.10. The van der Waals surface area contributed by atoms with Crippen LogP contribution in [0.1, 0.15) is 62.9 Å². The number of carbonyl (C=O) groups excluding carboxylic acids is 2. The van der Waals surface area contributed by atoms with Crippen molar-refractivity contribution in [1.29, 1.82) is 5.26 Å². The number of para-hydroxylation sites is 1. The van der Waals surface area contributed by atoms with Crippen LogP contribution in [-0.4, -0.2) is 91.4 Å². The van der Waals surface area contributed by atoms with Crippen molar-refractivity contribution in [2.24, 2.45) is 0 Å². The summed E-state index contributed by atoms with van der Waals surface area (Å²) in [7, 11) is 1.57. The van der Waals surface area contributed by atoms with E-state index in [1.165, 1.54) is 6.33 Å². The molecular formula is C49H57N6O9P. The average Bonchev–Trinajstić information content (AvgIpc) is 3.70. The monoisotopic (exact) mass is 904 g/mol. The summed E-state index contributed by atoms with van der Waals surface area (Å²) in [6, 6.07) is 36.8. The van der Waals surface area contributed by atoms with E-state index in [1.807, 2.05) is 97.1 Å². The summed E-state index contributed by atoms with van der Waals surface area (Å²) >= 11 is 0. The first-order valence-electron chi connectivity index (χ1n) is 21.5. The third-order valence-corrected chi connectivity index (χ3v) is 12.9. The van der Waals surface area contributed by atoms with Crippen LogP contribution < -0.4 is 24.8 Å². The number of ether oxygens (including phenoxy) is 5. The molecule has 1 unspecified atom stereocenters. The van der Waals surface area contributed by atoms with E-state index >= 15 is 0 Å². The predicted octanol–water partition coefficient (Wildman–Crippen LogP) is 8.45. The van der Waals surface area contributed by atoms with Gasteiger partial charge in [0, 0.05) is 24.9 Å². The van der Waals surface area contributed by atoms with Crippen molar-refractivity contribution < 1.29 is 42.3 Å². The Kier molecular flexibility index (Phi) is 17.8. The molecule has 1 aliphatic rings. The number of nitriles is 1. The maximum Gasteiger partial charge on any atom is 0.263 e. The number of anilines is 2. The Bertz CT molecular complexity index is 2240. The molecule has 1 aliphatic heterocycles. The normalized spacial score (nSPS) is 16.5. The summed E-state index contributed by atoms with van der Waals surface area (Å²) in [4.78, 5) is 33.9. The molecule has 0 saturated carbocycles. The van der Waals surface area contributed by atoms with Gasteiger partial charge in [-0.1, -0.05) is 72.8 Å². The van der Waals surface area contributed by atoms with Crippen molar-refractivity contribution >= 4 is 32.3 Å². The Labute approximate surface area is 382 Å². The average molecular weight is 905 g/mol. The Morgan fingerprint density at radius 2 is 1.48 bits per heavy atom. The topological polar surface area (TPSA) is 176 Å². The van der Waals surface area contributed by atoms with Gasteiger partial charge in [0.05, 0.1) is 57.8 Å². The van der Waals surface area contributed by atoms with Gasteiger partial charge < -0.3 is 43.4 Å². The molecule has 2 heterocycles. The van der Waals surface area contributed by atoms with Crippen LogP contribution in [-0.2, 0) is 40.1 Å². The van der Waals surface area contributed by atoms with Gasteiger partial charge in [-0.25, -0.2) is 14.6 Å². The van der Waals surface area contributed by atoms with E-state index in [0.29, 0.717) is 35.8 Å². The molecule has 65 heavy (non-hydrogen) atoms. The van der Waals surface area contributed by atoms with Crippen LogP contribution in [0.25, 0.3) is 0 Å². The molecule has 0 bridgehead atoms. The van der Waals surface area contributed by atoms with Gasteiger partial charge in [0.15, 0.2) is 12.4 Å². The summed E-state index contributed by atoms with van der Waals surface area (Å²) in [6.45, 7) is 8.30. The Hall–Kier alpha value is -5.98. The molecule has 0 spiro atoms. The van der Waals surface area contributed by atoms with Gasteiger partial charge in [-0.3, -0.25) is 9.59 Å². The van der Waals surface area contributed by atoms with Gasteiger partial charge >= 0.3 is 0 Å². The molecule has 4 atom stereocenters. The number of amides is 2. The number of nitrogens with one attached hydrogen (secondary N) is 2. The number of aromatic nitrogens is 2. The highest BCUT2D eigenvalue weighted by Gasteiger charge is 2.44. The first-order chi connectivity index (χ1) is 31.6. The Balaban J connectivity index is 1.36. The van der Waals surface area contributed by atoms with Crippen molar-refractivity contribution in [3.8, 4) is 23.3 Å². The quantitative estimate of drug-likeness (QED) is 0.0261. The lowest BCUT2D eigenvalue weighted by Crippen LogP contribution is -2.39. The highest BCUT2D eigenvalue weighted by atomic mass is 31.2. The smallest absolute Gasteiger partial charge is 0.263 e. The number of benzene rings is 4. The zero-order valence-corrected chi connectivity index (χ0v) is 38.5. The summed E-state index contributed by atoms with van der Waals surface area (Å²) < 4.78 is 46.6. The predicted molar refractivity (Wildman–Crippen MR) is 248 cm³/mol. The van der Waals surface area contributed by atoms with Gasteiger partial charge in [0.2, 0.25) is 6.41 Å². The molecule has 6 rings (SSSR count). The summed E-state index contributed by atoms with van der Waals surface area (Å²) in [5.74, 6) is 1.56. The van der Waals surface area contributed by atoms with Crippen LogP contribution >= 0.6 is 8.53 Å². The first-order valence-corrected chi connectivity index (χ1v) is 22.6. The lowest BCUT2D eigenvalue weighted by atomic mass is 9.80. The molecular weight excluding hydrogens is 848 g/mol. The van der Waals surface area contributed by atoms with Gasteiger partial charge in [-0.2, -0.15) is 5.26 Å². The molecule has 2 amide bonds. The van der Waals surface area contributed by atoms with E-state index in [0.717, 1.165) is 16.7 Å². The second kappa shape index (κ2) is 23.8. The van der Waals surface area contributed by atoms with E-state index in [1.54, 1.807) is 26.4 Å². The summed E-state index contributed by atoms with van der Waals surface area (Å²) in [5, 5.41) is 14.9. The molecule has 1 fully saturated rings. The molecule has 5 aromatic rings. The third kappa shape index (κ3) is 12.4. The number of hydrogen-bond acceptors (Lipinski definition) is 13. The Morgan fingerprint density at radius 1 is 0.877 bits per heavy atom. The van der Waals surface area contributed by atoms with Crippen LogP contribution in [0, 0.1) is 11.3 Å². The molecule has 1 aromatic heterocycles. The molecule has 1 saturated heterocycles. The molecule has 2 N–H and O–H groups in total. The van der Waals surface area contributed by atoms with Gasteiger partial charge in [-0.05, 0) is 80.8 Å². The van der Waals surface area contributed by atoms with E-state index in [-0.39, 0.29) is 56.3 Å². The van der Waals surface area contributed by atoms with Crippen molar-refractivity contribution in [3.05, 3.63) is 138 Å². The van der Waals surface area contributed by atoms with Crippen molar-refractivity contribution in [1.82, 2.24) is 14.6 Å². The molecule has 4 aromatic carbocycles. The van der Waals surface area contributed by atoms with E-state index in [9.17, 15) is 14.9 Å². The molecule has 15 nitrogen and oxygen atoms in total. The van der Waals surface area contributed by atoms with Crippen LogP contribution in [0.4, 0.5) is 11.5 Å². The zero-order chi connectivity index (χ0) is 46.2. The maximum atomic E-state index is 13.0. The van der Waals surface area contributed by atoms with Crippen molar-refractivity contribution in [2.45, 2.75) is 83.0 Å². The largest absolute Gasteiger partial charge is 0.497 e. The fraction of sp³-hybridized carbons (Fsp3) is 0.367. The number of hydrogen-bond donors (Lipinski definition) is 2.